The second-order valence-corrected chi connectivity index (χ2v) is 8.03. The van der Waals surface area contributed by atoms with E-state index < -0.39 is 28.9 Å². The van der Waals surface area contributed by atoms with Gasteiger partial charge in [-0.3, -0.25) is 4.79 Å². The van der Waals surface area contributed by atoms with Gasteiger partial charge in [-0.05, 0) is 49.6 Å². The van der Waals surface area contributed by atoms with Gasteiger partial charge >= 0.3 is 6.18 Å². The molecule has 0 unspecified atom stereocenters. The molecule has 1 aromatic carbocycles. The molecule has 1 aliphatic carbocycles. The summed E-state index contributed by atoms with van der Waals surface area (Å²) in [5.41, 5.74) is -0.838. The van der Waals surface area contributed by atoms with Crippen LogP contribution in [0.4, 0.5) is 24.5 Å². The molecule has 1 aromatic heterocycles. The predicted octanol–water partition coefficient (Wildman–Crippen LogP) is 5.08. The highest BCUT2D eigenvalue weighted by Crippen LogP contribution is 2.42. The molecule has 30 heavy (non-hydrogen) atoms. The molecule has 3 rings (SSSR count). The Morgan fingerprint density at radius 2 is 1.93 bits per heavy atom. The third-order valence-electron chi connectivity index (χ3n) is 5.23. The molecule has 10 heteroatoms. The number of hydrogen-bond acceptors (Lipinski definition) is 4. The highest BCUT2D eigenvalue weighted by Gasteiger charge is 2.50. The monoisotopic (exact) mass is 496 g/mol. The van der Waals surface area contributed by atoms with Crippen LogP contribution in [0.2, 0.25) is 0 Å². The molecular formula is C20H16BrF3N4OS. The molecule has 0 N–H and O–H groups in total. The van der Waals surface area contributed by atoms with Crippen LogP contribution in [0.15, 0.2) is 41.0 Å². The van der Waals surface area contributed by atoms with Crippen molar-refractivity contribution in [3.05, 3.63) is 52.3 Å². The standard InChI is InChI=1S/C20H16BrF3N4OS/c1-27(15-9-16(20(22,23)24)17(10-25)26-11-15)18(29)19(7-2-8-19)28(12-30)14-5-3-13(21)4-6-14/h3-6,9,11-12H,2,7-8H2,1H3. The summed E-state index contributed by atoms with van der Waals surface area (Å²) in [6.07, 6.45) is -1.86. The molecule has 1 aliphatic rings. The molecule has 1 fully saturated rings. The smallest absolute Gasteiger partial charge is 0.323 e. The number of rotatable bonds is 5. The molecular weight excluding hydrogens is 481 g/mol. The molecule has 2 aromatic rings. The molecule has 1 saturated carbocycles. The zero-order chi connectivity index (χ0) is 22.1. The summed E-state index contributed by atoms with van der Waals surface area (Å²) in [5.74, 6) is -0.391. The fourth-order valence-electron chi connectivity index (χ4n) is 3.45. The van der Waals surface area contributed by atoms with Crippen molar-refractivity contribution < 1.29 is 18.0 Å². The fraction of sp³-hybridized carbons (Fsp3) is 0.300. The normalized spacial score (nSPS) is 14.9. The van der Waals surface area contributed by atoms with E-state index in [4.69, 9.17) is 17.5 Å². The van der Waals surface area contributed by atoms with Crippen LogP contribution in [-0.2, 0) is 11.0 Å². The SMILES string of the molecule is CN(C(=O)C1(N(C=S)c2ccc(Br)cc2)CCC1)c1cnc(C#N)c(C(F)(F)F)c1. The zero-order valence-corrected chi connectivity index (χ0v) is 18.2. The average Bonchev–Trinajstić information content (AvgIpc) is 2.69. The fourth-order valence-corrected chi connectivity index (χ4v) is 4.04. The number of carbonyl (C=O) groups excluding carboxylic acids is 1. The second-order valence-electron chi connectivity index (χ2n) is 6.90. The first-order chi connectivity index (χ1) is 14.1. The summed E-state index contributed by atoms with van der Waals surface area (Å²) < 4.78 is 40.8. The molecule has 0 spiro atoms. The van der Waals surface area contributed by atoms with E-state index in [9.17, 15) is 18.0 Å². The lowest BCUT2D eigenvalue weighted by Crippen LogP contribution is -2.63. The number of pyridine rings is 1. The van der Waals surface area contributed by atoms with Crippen LogP contribution in [0.3, 0.4) is 0 Å². The van der Waals surface area contributed by atoms with Gasteiger partial charge in [-0.25, -0.2) is 4.98 Å². The minimum atomic E-state index is -4.76. The van der Waals surface area contributed by atoms with Crippen LogP contribution in [0.25, 0.3) is 0 Å². The summed E-state index contributed by atoms with van der Waals surface area (Å²) >= 11 is 8.55. The first kappa shape index (κ1) is 22.2. The van der Waals surface area contributed by atoms with Gasteiger partial charge in [0.2, 0.25) is 0 Å². The summed E-state index contributed by atoms with van der Waals surface area (Å²) in [7, 11) is 1.40. The van der Waals surface area contributed by atoms with Crippen molar-refractivity contribution in [2.45, 2.75) is 31.0 Å². The van der Waals surface area contributed by atoms with E-state index in [-0.39, 0.29) is 5.69 Å². The lowest BCUT2D eigenvalue weighted by molar-refractivity contribution is -0.138. The molecule has 156 valence electrons. The van der Waals surface area contributed by atoms with E-state index in [0.717, 1.165) is 28.1 Å². The van der Waals surface area contributed by atoms with E-state index in [1.807, 2.05) is 24.3 Å². The van der Waals surface area contributed by atoms with Gasteiger partial charge in [0.15, 0.2) is 5.69 Å². The Morgan fingerprint density at radius 1 is 1.30 bits per heavy atom. The molecule has 0 radical (unpaired) electrons. The topological polar surface area (TPSA) is 60.2 Å². The number of aromatic nitrogens is 1. The van der Waals surface area contributed by atoms with Gasteiger partial charge in [0.25, 0.3) is 5.91 Å². The first-order valence-electron chi connectivity index (χ1n) is 8.90. The van der Waals surface area contributed by atoms with E-state index >= 15 is 0 Å². The van der Waals surface area contributed by atoms with E-state index in [1.165, 1.54) is 18.6 Å². The van der Waals surface area contributed by atoms with Gasteiger partial charge < -0.3 is 9.80 Å². The Labute approximate surface area is 185 Å². The molecule has 0 atom stereocenters. The van der Waals surface area contributed by atoms with Crippen LogP contribution in [0, 0.1) is 11.3 Å². The largest absolute Gasteiger partial charge is 0.419 e. The number of alkyl halides is 3. The highest BCUT2D eigenvalue weighted by molar-refractivity contribution is 9.10. The van der Waals surface area contributed by atoms with Crippen molar-refractivity contribution in [1.29, 1.82) is 5.26 Å². The van der Waals surface area contributed by atoms with Crippen molar-refractivity contribution in [3.63, 3.8) is 0 Å². The molecule has 1 heterocycles. The zero-order valence-electron chi connectivity index (χ0n) is 15.8. The summed E-state index contributed by atoms with van der Waals surface area (Å²) in [5, 5.41) is 8.93. The maximum atomic E-state index is 13.4. The number of halogens is 4. The van der Waals surface area contributed by atoms with Crippen LogP contribution >= 0.6 is 28.1 Å². The number of hydrogen-bond donors (Lipinski definition) is 0. The quantitative estimate of drug-likeness (QED) is 0.540. The van der Waals surface area contributed by atoms with Crippen molar-refractivity contribution in [3.8, 4) is 6.07 Å². The number of benzene rings is 1. The average molecular weight is 497 g/mol. The number of nitrogens with zero attached hydrogens (tertiary/aromatic N) is 4. The summed E-state index contributed by atoms with van der Waals surface area (Å²) in [4.78, 5) is 19.9. The predicted molar refractivity (Wildman–Crippen MR) is 114 cm³/mol. The molecule has 0 bridgehead atoms. The number of thiocarbonyl (C=S) groups is 1. The van der Waals surface area contributed by atoms with Crippen LogP contribution in [0.5, 0.6) is 0 Å². The van der Waals surface area contributed by atoms with E-state index in [0.29, 0.717) is 18.5 Å². The number of amides is 1. The van der Waals surface area contributed by atoms with Crippen molar-refractivity contribution in [2.24, 2.45) is 0 Å². The lowest BCUT2D eigenvalue weighted by Gasteiger charge is -2.49. The van der Waals surface area contributed by atoms with Gasteiger partial charge in [0.1, 0.15) is 11.6 Å². The van der Waals surface area contributed by atoms with Crippen LogP contribution in [-0.4, -0.2) is 29.0 Å². The maximum Gasteiger partial charge on any atom is 0.419 e. The first-order valence-corrected chi connectivity index (χ1v) is 10.2. The van der Waals surface area contributed by atoms with Crippen LogP contribution in [0.1, 0.15) is 30.5 Å². The molecule has 1 amide bonds. The number of anilines is 2. The second kappa shape index (κ2) is 8.32. The van der Waals surface area contributed by atoms with Gasteiger partial charge in [-0.2, -0.15) is 18.4 Å². The molecule has 0 saturated heterocycles. The minimum absolute atomic E-state index is 0.0438. The third-order valence-corrected chi connectivity index (χ3v) is 5.97. The van der Waals surface area contributed by atoms with Crippen LogP contribution < -0.4 is 9.80 Å². The Balaban J connectivity index is 1.99. The maximum absolute atomic E-state index is 13.4. The third kappa shape index (κ3) is 3.91. The molecule has 5 nitrogen and oxygen atoms in total. The number of carbonyl (C=O) groups is 1. The Hall–Kier alpha value is -2.51. The van der Waals surface area contributed by atoms with Gasteiger partial charge in [0.05, 0.1) is 22.9 Å². The number of likely N-dealkylation sites (N-methyl/N-ethyl adjacent to an activating group) is 1. The van der Waals surface area contributed by atoms with E-state index in [2.05, 4.69) is 20.9 Å². The Bertz CT molecular complexity index is 1020. The summed E-state index contributed by atoms with van der Waals surface area (Å²) in [6.45, 7) is 0. The lowest BCUT2D eigenvalue weighted by atomic mass is 9.74. The van der Waals surface area contributed by atoms with Crippen molar-refractivity contribution >= 4 is 50.9 Å². The van der Waals surface area contributed by atoms with Gasteiger partial charge in [-0.1, -0.05) is 28.1 Å². The van der Waals surface area contributed by atoms with E-state index in [1.54, 1.807) is 4.90 Å². The summed E-state index contributed by atoms with van der Waals surface area (Å²) in [6, 6.07) is 9.48. The van der Waals surface area contributed by atoms with Crippen molar-refractivity contribution in [2.75, 3.05) is 16.8 Å². The minimum Gasteiger partial charge on any atom is -0.323 e. The Kier molecular flexibility index (Phi) is 6.15. The number of nitriles is 1. The highest BCUT2D eigenvalue weighted by atomic mass is 79.9. The van der Waals surface area contributed by atoms with Gasteiger partial charge in [-0.15, -0.1) is 0 Å². The van der Waals surface area contributed by atoms with Crippen molar-refractivity contribution in [1.82, 2.24) is 4.98 Å². The Morgan fingerprint density at radius 3 is 2.40 bits per heavy atom. The molecule has 0 aliphatic heterocycles. The van der Waals surface area contributed by atoms with Gasteiger partial charge in [0, 0.05) is 17.2 Å².